The van der Waals surface area contributed by atoms with Crippen LogP contribution in [-0.2, 0) is 0 Å². The van der Waals surface area contributed by atoms with E-state index in [1.807, 2.05) is 42.3 Å². The Morgan fingerprint density at radius 3 is 3.05 bits per heavy atom. The summed E-state index contributed by atoms with van der Waals surface area (Å²) in [5, 5.41) is 5.26. The minimum Gasteiger partial charge on any atom is -0.336 e. The predicted octanol–water partition coefficient (Wildman–Crippen LogP) is 2.06. The first kappa shape index (κ1) is 13.1. The molecule has 0 radical (unpaired) electrons. The number of likely N-dealkylation sites (N-methyl/N-ethyl adjacent to an activating group) is 1. The maximum Gasteiger partial charge on any atom is 0.273 e. The summed E-state index contributed by atoms with van der Waals surface area (Å²) in [7, 11) is 1.95. The number of nitrogens with zero attached hydrogens (tertiary/aromatic N) is 2. The first-order chi connectivity index (χ1) is 9.79. The first-order valence-electron chi connectivity index (χ1n) is 7.10. The third-order valence-corrected chi connectivity index (χ3v) is 3.99. The van der Waals surface area contributed by atoms with Gasteiger partial charge in [0.1, 0.15) is 5.69 Å². The Balaban J connectivity index is 1.92. The van der Waals surface area contributed by atoms with Crippen LogP contribution in [0.15, 0.2) is 36.5 Å². The highest BCUT2D eigenvalue weighted by Crippen LogP contribution is 2.19. The van der Waals surface area contributed by atoms with Gasteiger partial charge in [-0.25, -0.2) is 0 Å². The molecule has 4 nitrogen and oxygen atoms in total. The number of rotatable bonds is 2. The van der Waals surface area contributed by atoms with Crippen LogP contribution in [-0.4, -0.2) is 42.0 Å². The van der Waals surface area contributed by atoms with Crippen molar-refractivity contribution in [2.45, 2.75) is 18.9 Å². The third kappa shape index (κ3) is 2.39. The molecule has 1 amide bonds. The zero-order chi connectivity index (χ0) is 13.9. The van der Waals surface area contributed by atoms with Crippen LogP contribution in [0.25, 0.3) is 10.8 Å². The van der Waals surface area contributed by atoms with Crippen molar-refractivity contribution in [3.8, 4) is 0 Å². The summed E-state index contributed by atoms with van der Waals surface area (Å²) in [6.07, 6.45) is 3.89. The Morgan fingerprint density at radius 1 is 1.35 bits per heavy atom. The molecule has 4 heteroatoms. The van der Waals surface area contributed by atoms with Crippen LogP contribution in [0.4, 0.5) is 0 Å². The normalized spacial score (nSPS) is 19.2. The van der Waals surface area contributed by atoms with Crippen LogP contribution in [0, 0.1) is 0 Å². The van der Waals surface area contributed by atoms with Gasteiger partial charge >= 0.3 is 0 Å². The van der Waals surface area contributed by atoms with E-state index in [0.717, 1.165) is 36.7 Å². The largest absolute Gasteiger partial charge is 0.336 e. The number of hydrogen-bond acceptors (Lipinski definition) is 3. The molecule has 2 heterocycles. The van der Waals surface area contributed by atoms with Gasteiger partial charge in [0.25, 0.3) is 5.91 Å². The van der Waals surface area contributed by atoms with Gasteiger partial charge in [-0.2, -0.15) is 0 Å². The van der Waals surface area contributed by atoms with E-state index in [0.29, 0.717) is 11.7 Å². The van der Waals surface area contributed by atoms with E-state index in [-0.39, 0.29) is 5.91 Å². The summed E-state index contributed by atoms with van der Waals surface area (Å²) in [4.78, 5) is 18.9. The number of piperidine rings is 1. The maximum atomic E-state index is 12.7. The highest BCUT2D eigenvalue weighted by Gasteiger charge is 2.25. The summed E-state index contributed by atoms with van der Waals surface area (Å²) in [5.74, 6) is 0.0433. The number of carbonyl (C=O) groups is 1. The van der Waals surface area contributed by atoms with Crippen molar-refractivity contribution in [2.75, 3.05) is 20.1 Å². The molecular weight excluding hydrogens is 250 g/mol. The molecule has 1 aliphatic heterocycles. The number of nitrogens with one attached hydrogen (secondary N) is 1. The van der Waals surface area contributed by atoms with Gasteiger partial charge in [-0.1, -0.05) is 24.3 Å². The first-order valence-corrected chi connectivity index (χ1v) is 7.10. The number of hydrogen-bond donors (Lipinski definition) is 1. The lowest BCUT2D eigenvalue weighted by Crippen LogP contribution is -2.47. The van der Waals surface area contributed by atoms with Crippen LogP contribution >= 0.6 is 0 Å². The van der Waals surface area contributed by atoms with Crippen LogP contribution in [0.1, 0.15) is 23.3 Å². The van der Waals surface area contributed by atoms with E-state index in [1.165, 1.54) is 0 Å². The van der Waals surface area contributed by atoms with Gasteiger partial charge in [-0.15, -0.1) is 0 Å². The Morgan fingerprint density at radius 2 is 2.20 bits per heavy atom. The molecule has 20 heavy (non-hydrogen) atoms. The van der Waals surface area contributed by atoms with Gasteiger partial charge < -0.3 is 10.2 Å². The third-order valence-electron chi connectivity index (χ3n) is 3.99. The fourth-order valence-electron chi connectivity index (χ4n) is 2.84. The van der Waals surface area contributed by atoms with Crippen LogP contribution in [0.5, 0.6) is 0 Å². The molecule has 1 fully saturated rings. The Bertz CT molecular complexity index is 621. The zero-order valence-electron chi connectivity index (χ0n) is 11.7. The van der Waals surface area contributed by atoms with Crippen molar-refractivity contribution in [1.29, 1.82) is 0 Å². The highest BCUT2D eigenvalue weighted by atomic mass is 16.2. The van der Waals surface area contributed by atoms with Gasteiger partial charge in [0.15, 0.2) is 0 Å². The SMILES string of the molecule is CN[C@H]1CCCN(C(=O)c2nccc3ccccc23)C1. The lowest BCUT2D eigenvalue weighted by Gasteiger charge is -2.32. The molecule has 0 saturated carbocycles. The molecule has 0 spiro atoms. The van der Waals surface area contributed by atoms with Crippen LogP contribution in [0.2, 0.25) is 0 Å². The van der Waals surface area contributed by atoms with E-state index in [9.17, 15) is 4.79 Å². The van der Waals surface area contributed by atoms with Gasteiger partial charge in [0.05, 0.1) is 0 Å². The van der Waals surface area contributed by atoms with Crippen LogP contribution < -0.4 is 5.32 Å². The number of fused-ring (bicyclic) bond motifs is 1. The summed E-state index contributed by atoms with van der Waals surface area (Å²) >= 11 is 0. The standard InChI is InChI=1S/C16H19N3O/c1-17-13-6-4-10-19(11-13)16(20)15-14-7-3-2-5-12(14)8-9-18-15/h2-3,5,7-9,13,17H,4,6,10-11H2,1H3/t13-/m0/s1. The van der Waals surface area contributed by atoms with Crippen molar-refractivity contribution in [2.24, 2.45) is 0 Å². The summed E-state index contributed by atoms with van der Waals surface area (Å²) in [5.41, 5.74) is 0.569. The van der Waals surface area contributed by atoms with Crippen molar-refractivity contribution in [3.05, 3.63) is 42.2 Å². The van der Waals surface area contributed by atoms with Crippen LogP contribution in [0.3, 0.4) is 0 Å². The smallest absolute Gasteiger partial charge is 0.273 e. The lowest BCUT2D eigenvalue weighted by atomic mass is 10.0. The number of amides is 1. The second kappa shape index (κ2) is 5.59. The number of likely N-dealkylation sites (tertiary alicyclic amines) is 1. The average molecular weight is 269 g/mol. The quantitative estimate of drug-likeness (QED) is 0.907. The Hall–Kier alpha value is -1.94. The second-order valence-electron chi connectivity index (χ2n) is 5.26. The molecule has 3 rings (SSSR count). The minimum atomic E-state index is 0.0433. The molecular formula is C16H19N3O. The topological polar surface area (TPSA) is 45.2 Å². The van der Waals surface area contributed by atoms with Gasteiger partial charge in [0.2, 0.25) is 0 Å². The van der Waals surface area contributed by atoms with Crippen molar-refractivity contribution >= 4 is 16.7 Å². The molecule has 1 N–H and O–H groups in total. The van der Waals surface area contributed by atoms with Gasteiger partial charge in [0, 0.05) is 30.7 Å². The number of carbonyl (C=O) groups excluding carboxylic acids is 1. The highest BCUT2D eigenvalue weighted by molar-refractivity contribution is 6.05. The number of aromatic nitrogens is 1. The fraction of sp³-hybridized carbons (Fsp3) is 0.375. The van der Waals surface area contributed by atoms with E-state index in [1.54, 1.807) is 6.20 Å². The molecule has 0 bridgehead atoms. The zero-order valence-corrected chi connectivity index (χ0v) is 11.7. The summed E-state index contributed by atoms with van der Waals surface area (Å²) in [6, 6.07) is 10.2. The molecule has 1 aromatic heterocycles. The molecule has 1 aromatic carbocycles. The minimum absolute atomic E-state index is 0.0433. The fourth-order valence-corrected chi connectivity index (χ4v) is 2.84. The molecule has 1 atom stereocenters. The molecule has 1 saturated heterocycles. The molecule has 0 aliphatic carbocycles. The number of pyridine rings is 1. The lowest BCUT2D eigenvalue weighted by molar-refractivity contribution is 0.0694. The average Bonchev–Trinajstić information content (AvgIpc) is 2.53. The molecule has 0 unspecified atom stereocenters. The molecule has 104 valence electrons. The Kier molecular flexibility index (Phi) is 3.65. The van der Waals surface area contributed by atoms with E-state index in [4.69, 9.17) is 0 Å². The molecule has 1 aliphatic rings. The van der Waals surface area contributed by atoms with Gasteiger partial charge in [-0.3, -0.25) is 9.78 Å². The van der Waals surface area contributed by atoms with E-state index in [2.05, 4.69) is 10.3 Å². The van der Waals surface area contributed by atoms with E-state index >= 15 is 0 Å². The maximum absolute atomic E-state index is 12.7. The Labute approximate surface area is 118 Å². The van der Waals surface area contributed by atoms with Crippen molar-refractivity contribution < 1.29 is 4.79 Å². The predicted molar refractivity (Wildman–Crippen MR) is 79.7 cm³/mol. The summed E-state index contributed by atoms with van der Waals surface area (Å²) < 4.78 is 0. The molecule has 2 aromatic rings. The van der Waals surface area contributed by atoms with Gasteiger partial charge in [-0.05, 0) is 31.3 Å². The number of benzene rings is 1. The summed E-state index contributed by atoms with van der Waals surface area (Å²) in [6.45, 7) is 1.59. The second-order valence-corrected chi connectivity index (χ2v) is 5.26. The van der Waals surface area contributed by atoms with Crippen molar-refractivity contribution in [3.63, 3.8) is 0 Å². The van der Waals surface area contributed by atoms with E-state index < -0.39 is 0 Å². The monoisotopic (exact) mass is 269 g/mol. The van der Waals surface area contributed by atoms with Crippen molar-refractivity contribution in [1.82, 2.24) is 15.2 Å².